The minimum Gasteiger partial charge on any atom is -0.387 e. The first-order valence-electron chi connectivity index (χ1n) is 8.41. The van der Waals surface area contributed by atoms with Crippen LogP contribution in [0.2, 0.25) is 0 Å². The van der Waals surface area contributed by atoms with E-state index in [0.29, 0.717) is 12.0 Å². The zero-order valence-electron chi connectivity index (χ0n) is 14.3. The molecule has 0 fully saturated rings. The molecule has 1 amide bonds. The smallest absolute Gasteiger partial charge is 0.387 e. The Labute approximate surface area is 158 Å². The number of halogens is 3. The van der Waals surface area contributed by atoms with Gasteiger partial charge in [0.15, 0.2) is 0 Å². The van der Waals surface area contributed by atoms with E-state index in [4.69, 9.17) is 0 Å². The van der Waals surface area contributed by atoms with E-state index < -0.39 is 17.8 Å². The van der Waals surface area contributed by atoms with Crippen LogP contribution in [-0.2, 0) is 17.4 Å². The Kier molecular flexibility index (Phi) is 5.82. The van der Waals surface area contributed by atoms with Crippen molar-refractivity contribution in [3.63, 3.8) is 0 Å². The normalized spacial score (nSPS) is 12.9. The van der Waals surface area contributed by atoms with Crippen LogP contribution in [0, 0.1) is 0 Å². The Morgan fingerprint density at radius 3 is 2.52 bits per heavy atom. The van der Waals surface area contributed by atoms with Crippen LogP contribution in [0.25, 0.3) is 10.1 Å². The van der Waals surface area contributed by atoms with Crippen molar-refractivity contribution in [3.05, 3.63) is 70.6 Å². The van der Waals surface area contributed by atoms with Gasteiger partial charge < -0.3 is 10.4 Å². The molecule has 2 aromatic carbocycles. The van der Waals surface area contributed by atoms with Gasteiger partial charge in [0.2, 0.25) is 5.91 Å². The maximum absolute atomic E-state index is 12.5. The highest BCUT2D eigenvalue weighted by Crippen LogP contribution is 2.30. The molecule has 3 rings (SSSR count). The third kappa shape index (κ3) is 4.87. The maximum atomic E-state index is 12.5. The highest BCUT2D eigenvalue weighted by Gasteiger charge is 2.29. The highest BCUT2D eigenvalue weighted by atomic mass is 32.1. The fraction of sp³-hybridized carbons (Fsp3) is 0.250. The van der Waals surface area contributed by atoms with Crippen molar-refractivity contribution < 1.29 is 23.1 Å². The molecule has 27 heavy (non-hydrogen) atoms. The molecule has 0 saturated heterocycles. The minimum atomic E-state index is -4.36. The van der Waals surface area contributed by atoms with Gasteiger partial charge in [0, 0.05) is 23.2 Å². The molecular weight excluding hydrogens is 375 g/mol. The largest absolute Gasteiger partial charge is 0.416 e. The molecular formula is C20H18F3NO2S. The third-order valence-corrected chi connectivity index (χ3v) is 5.27. The Bertz CT molecular complexity index is 919. The molecule has 0 saturated carbocycles. The summed E-state index contributed by atoms with van der Waals surface area (Å²) >= 11 is 1.53. The number of hydrogen-bond donors (Lipinski definition) is 2. The second kappa shape index (κ2) is 8.10. The van der Waals surface area contributed by atoms with E-state index in [1.54, 1.807) is 0 Å². The molecule has 0 spiro atoms. The monoisotopic (exact) mass is 393 g/mol. The summed E-state index contributed by atoms with van der Waals surface area (Å²) in [6, 6.07) is 12.5. The average molecular weight is 393 g/mol. The Morgan fingerprint density at radius 2 is 1.81 bits per heavy atom. The first kappa shape index (κ1) is 19.4. The number of nitrogens with one attached hydrogen (secondary N) is 1. The van der Waals surface area contributed by atoms with E-state index in [-0.39, 0.29) is 18.9 Å². The number of aryl methyl sites for hydroxylation is 1. The van der Waals surface area contributed by atoms with Crippen LogP contribution in [-0.4, -0.2) is 17.6 Å². The molecule has 1 atom stereocenters. The maximum Gasteiger partial charge on any atom is 0.416 e. The molecule has 0 aliphatic heterocycles. The number of carbonyl (C=O) groups excluding carboxylic acids is 1. The van der Waals surface area contributed by atoms with Crippen molar-refractivity contribution in [3.8, 4) is 0 Å². The Hall–Kier alpha value is -2.38. The number of thiophene rings is 1. The van der Waals surface area contributed by atoms with Gasteiger partial charge in [-0.05, 0) is 40.9 Å². The van der Waals surface area contributed by atoms with E-state index in [9.17, 15) is 23.1 Å². The molecule has 1 aromatic heterocycles. The molecule has 3 nitrogen and oxygen atoms in total. The number of benzene rings is 2. The van der Waals surface area contributed by atoms with Crippen LogP contribution in [0.15, 0.2) is 53.9 Å². The van der Waals surface area contributed by atoms with Crippen LogP contribution in [0.1, 0.15) is 29.2 Å². The van der Waals surface area contributed by atoms with Crippen molar-refractivity contribution in [2.45, 2.75) is 25.1 Å². The summed E-state index contributed by atoms with van der Waals surface area (Å²) in [5, 5.41) is 15.9. The molecule has 7 heteroatoms. The molecule has 3 aromatic rings. The standard InChI is InChI=1S/C20H18F3NO2S/c21-20(22,23)14-8-5-13(6-9-14)7-10-19(26)24-11-17(25)16-12-27-18-4-2-1-3-15(16)18/h1-6,8-9,12,17,25H,7,10-11H2,(H,24,26)/t17-/m0/s1. The molecule has 2 N–H and O–H groups in total. The molecule has 0 aliphatic rings. The molecule has 0 aliphatic carbocycles. The fourth-order valence-electron chi connectivity index (χ4n) is 2.78. The number of fused-ring (bicyclic) bond motifs is 1. The van der Waals surface area contributed by atoms with Crippen molar-refractivity contribution >= 4 is 27.3 Å². The quantitative estimate of drug-likeness (QED) is 0.638. The van der Waals surface area contributed by atoms with Crippen molar-refractivity contribution in [1.82, 2.24) is 5.32 Å². The predicted molar refractivity (Wildman–Crippen MR) is 99.6 cm³/mol. The van der Waals surface area contributed by atoms with Crippen LogP contribution in [0.4, 0.5) is 13.2 Å². The van der Waals surface area contributed by atoms with Crippen molar-refractivity contribution in [1.29, 1.82) is 0 Å². The number of rotatable bonds is 6. The second-order valence-electron chi connectivity index (χ2n) is 6.20. The van der Waals surface area contributed by atoms with Gasteiger partial charge in [-0.3, -0.25) is 4.79 Å². The van der Waals surface area contributed by atoms with Crippen LogP contribution < -0.4 is 5.32 Å². The van der Waals surface area contributed by atoms with E-state index in [1.807, 2.05) is 29.6 Å². The summed E-state index contributed by atoms with van der Waals surface area (Å²) in [5.74, 6) is -0.256. The molecule has 0 radical (unpaired) electrons. The molecule has 142 valence electrons. The van der Waals surface area contributed by atoms with E-state index in [2.05, 4.69) is 5.32 Å². The number of carbonyl (C=O) groups is 1. The lowest BCUT2D eigenvalue weighted by Crippen LogP contribution is -2.28. The van der Waals surface area contributed by atoms with E-state index >= 15 is 0 Å². The van der Waals surface area contributed by atoms with Gasteiger partial charge in [-0.2, -0.15) is 13.2 Å². The highest BCUT2D eigenvalue weighted by molar-refractivity contribution is 7.17. The third-order valence-electron chi connectivity index (χ3n) is 4.28. The summed E-state index contributed by atoms with van der Waals surface area (Å²) in [6.07, 6.45) is -4.70. The summed E-state index contributed by atoms with van der Waals surface area (Å²) in [6.45, 7) is 0.0899. The van der Waals surface area contributed by atoms with Crippen molar-refractivity contribution in [2.75, 3.05) is 6.54 Å². The Balaban J connectivity index is 1.49. The molecule has 0 unspecified atom stereocenters. The first-order valence-corrected chi connectivity index (χ1v) is 9.29. The van der Waals surface area contributed by atoms with Gasteiger partial charge in [0.1, 0.15) is 0 Å². The summed E-state index contributed by atoms with van der Waals surface area (Å²) < 4.78 is 38.7. The number of alkyl halides is 3. The lowest BCUT2D eigenvalue weighted by Gasteiger charge is -2.12. The zero-order valence-corrected chi connectivity index (χ0v) is 15.1. The number of amides is 1. The summed E-state index contributed by atoms with van der Waals surface area (Å²) in [7, 11) is 0. The SMILES string of the molecule is O=C(CCc1ccc(C(F)(F)F)cc1)NC[C@H](O)c1csc2ccccc12. The van der Waals surface area contributed by atoms with Gasteiger partial charge in [-0.15, -0.1) is 11.3 Å². The van der Waals surface area contributed by atoms with Gasteiger partial charge in [0.25, 0.3) is 0 Å². The van der Waals surface area contributed by atoms with E-state index in [0.717, 1.165) is 27.8 Å². The molecule has 0 bridgehead atoms. The Morgan fingerprint density at radius 1 is 1.11 bits per heavy atom. The predicted octanol–water partition coefficient (Wildman–Crippen LogP) is 4.70. The van der Waals surface area contributed by atoms with Gasteiger partial charge in [0.05, 0.1) is 11.7 Å². The lowest BCUT2D eigenvalue weighted by molar-refractivity contribution is -0.137. The first-order chi connectivity index (χ1) is 12.8. The van der Waals surface area contributed by atoms with Gasteiger partial charge in [-0.25, -0.2) is 0 Å². The van der Waals surface area contributed by atoms with Crippen molar-refractivity contribution in [2.24, 2.45) is 0 Å². The summed E-state index contributed by atoms with van der Waals surface area (Å²) in [4.78, 5) is 12.0. The van der Waals surface area contributed by atoms with E-state index in [1.165, 1.54) is 23.5 Å². The van der Waals surface area contributed by atoms with Crippen LogP contribution >= 0.6 is 11.3 Å². The van der Waals surface area contributed by atoms with Gasteiger partial charge in [-0.1, -0.05) is 30.3 Å². The number of hydrogen-bond acceptors (Lipinski definition) is 3. The minimum absolute atomic E-state index is 0.0899. The van der Waals surface area contributed by atoms with Crippen LogP contribution in [0.3, 0.4) is 0 Å². The molecule has 1 heterocycles. The average Bonchev–Trinajstić information content (AvgIpc) is 3.08. The number of aliphatic hydroxyl groups excluding tert-OH is 1. The fourth-order valence-corrected chi connectivity index (χ4v) is 3.79. The number of aliphatic hydroxyl groups is 1. The summed E-state index contributed by atoms with van der Waals surface area (Å²) in [5.41, 5.74) is 0.725. The lowest BCUT2D eigenvalue weighted by atomic mass is 10.1. The topological polar surface area (TPSA) is 49.3 Å². The second-order valence-corrected chi connectivity index (χ2v) is 7.11. The van der Waals surface area contributed by atoms with Crippen LogP contribution in [0.5, 0.6) is 0 Å². The van der Waals surface area contributed by atoms with Gasteiger partial charge >= 0.3 is 6.18 Å². The zero-order chi connectivity index (χ0) is 19.4.